The molecule has 0 radical (unpaired) electrons. The van der Waals surface area contributed by atoms with E-state index < -0.39 is 0 Å². The first kappa shape index (κ1) is 13.4. The maximum absolute atomic E-state index is 12.5. The molecule has 20 heavy (non-hydrogen) atoms. The zero-order chi connectivity index (χ0) is 14.1. The van der Waals surface area contributed by atoms with Crippen molar-refractivity contribution >= 4 is 11.6 Å². The molecular formula is C18H23NO. The zero-order valence-electron chi connectivity index (χ0n) is 12.4. The van der Waals surface area contributed by atoms with Crippen LogP contribution in [0, 0.1) is 31.6 Å². The van der Waals surface area contributed by atoms with Crippen LogP contribution in [0.25, 0.3) is 0 Å². The van der Waals surface area contributed by atoms with Crippen LogP contribution in [-0.2, 0) is 4.79 Å². The molecule has 0 aromatic heterocycles. The number of anilines is 1. The first-order valence-electron chi connectivity index (χ1n) is 7.70. The third-order valence-corrected chi connectivity index (χ3v) is 4.79. The predicted octanol–water partition coefficient (Wildman–Crippen LogP) is 4.23. The predicted molar refractivity (Wildman–Crippen MR) is 82.6 cm³/mol. The molecule has 1 fully saturated rings. The van der Waals surface area contributed by atoms with Crippen LogP contribution in [0.5, 0.6) is 0 Å². The lowest BCUT2D eigenvalue weighted by Crippen LogP contribution is -2.16. The third kappa shape index (κ3) is 2.65. The highest BCUT2D eigenvalue weighted by molar-refractivity contribution is 5.95. The number of hydrogen-bond donors (Lipinski definition) is 1. The standard InChI is InChI=1S/C18H23NO/c1-12-9-10-13(2)16(11-12)19-18(20)17-14-7-5-3-4-6-8-15(14)17/h3-4,9-11,14-15,17H,5-8H2,1-2H3,(H,19,20). The SMILES string of the molecule is Cc1ccc(C)c(NC(=O)C2C3CCC=CCCC32)c1. The highest BCUT2D eigenvalue weighted by atomic mass is 16.2. The van der Waals surface area contributed by atoms with E-state index in [1.165, 1.54) is 18.4 Å². The summed E-state index contributed by atoms with van der Waals surface area (Å²) in [7, 11) is 0. The Morgan fingerprint density at radius 2 is 1.75 bits per heavy atom. The first-order chi connectivity index (χ1) is 9.66. The van der Waals surface area contributed by atoms with E-state index in [0.29, 0.717) is 11.8 Å². The van der Waals surface area contributed by atoms with Gasteiger partial charge in [0.2, 0.25) is 5.91 Å². The fraction of sp³-hybridized carbons (Fsp3) is 0.500. The minimum atomic E-state index is 0.232. The van der Waals surface area contributed by atoms with Crippen LogP contribution in [0.1, 0.15) is 36.8 Å². The van der Waals surface area contributed by atoms with Gasteiger partial charge < -0.3 is 5.32 Å². The molecule has 2 aliphatic carbocycles. The van der Waals surface area contributed by atoms with Crippen LogP contribution in [0.3, 0.4) is 0 Å². The molecule has 1 N–H and O–H groups in total. The number of aryl methyl sites for hydroxylation is 2. The summed E-state index contributed by atoms with van der Waals surface area (Å²) in [5, 5.41) is 3.15. The van der Waals surface area contributed by atoms with Crippen molar-refractivity contribution in [1.29, 1.82) is 0 Å². The number of amides is 1. The Balaban J connectivity index is 1.67. The second-order valence-electron chi connectivity index (χ2n) is 6.29. The molecule has 2 nitrogen and oxygen atoms in total. The molecule has 0 spiro atoms. The minimum absolute atomic E-state index is 0.232. The largest absolute Gasteiger partial charge is 0.326 e. The summed E-state index contributed by atoms with van der Waals surface area (Å²) in [6.07, 6.45) is 9.16. The molecule has 2 heteroatoms. The van der Waals surface area contributed by atoms with Crippen LogP contribution >= 0.6 is 0 Å². The molecule has 2 atom stereocenters. The van der Waals surface area contributed by atoms with E-state index in [-0.39, 0.29) is 11.8 Å². The van der Waals surface area contributed by atoms with E-state index in [1.807, 2.05) is 0 Å². The topological polar surface area (TPSA) is 29.1 Å². The molecule has 0 aliphatic heterocycles. The lowest BCUT2D eigenvalue weighted by atomic mass is 10.1. The molecule has 3 rings (SSSR count). The summed E-state index contributed by atoms with van der Waals surface area (Å²) in [6, 6.07) is 6.23. The van der Waals surface area contributed by atoms with Crippen molar-refractivity contribution in [3.05, 3.63) is 41.5 Å². The van der Waals surface area contributed by atoms with E-state index in [4.69, 9.17) is 0 Å². The highest BCUT2D eigenvalue weighted by Crippen LogP contribution is 2.53. The van der Waals surface area contributed by atoms with Crippen LogP contribution in [0.15, 0.2) is 30.4 Å². The van der Waals surface area contributed by atoms with Crippen LogP contribution < -0.4 is 5.32 Å². The fourth-order valence-electron chi connectivity index (χ4n) is 3.52. The minimum Gasteiger partial charge on any atom is -0.326 e. The Morgan fingerprint density at radius 3 is 2.40 bits per heavy atom. The van der Waals surface area contributed by atoms with Crippen molar-refractivity contribution in [3.63, 3.8) is 0 Å². The number of hydrogen-bond acceptors (Lipinski definition) is 1. The van der Waals surface area contributed by atoms with Crippen LogP contribution in [-0.4, -0.2) is 5.91 Å². The van der Waals surface area contributed by atoms with E-state index >= 15 is 0 Å². The Morgan fingerprint density at radius 1 is 1.10 bits per heavy atom. The summed E-state index contributed by atoms with van der Waals surface area (Å²) in [4.78, 5) is 12.5. The number of rotatable bonds is 2. The van der Waals surface area contributed by atoms with Gasteiger partial charge in [-0.3, -0.25) is 4.79 Å². The number of benzene rings is 1. The van der Waals surface area contributed by atoms with Gasteiger partial charge in [0, 0.05) is 11.6 Å². The van der Waals surface area contributed by atoms with Gasteiger partial charge in [0.1, 0.15) is 0 Å². The Kier molecular flexibility index (Phi) is 3.64. The number of allylic oxidation sites excluding steroid dienone is 2. The quantitative estimate of drug-likeness (QED) is 0.800. The van der Waals surface area contributed by atoms with Gasteiger partial charge in [0.05, 0.1) is 0 Å². The highest BCUT2D eigenvalue weighted by Gasteiger charge is 2.53. The van der Waals surface area contributed by atoms with Crippen molar-refractivity contribution in [2.75, 3.05) is 5.32 Å². The second-order valence-corrected chi connectivity index (χ2v) is 6.29. The summed E-state index contributed by atoms with van der Waals surface area (Å²) in [6.45, 7) is 4.11. The first-order valence-corrected chi connectivity index (χ1v) is 7.70. The monoisotopic (exact) mass is 269 g/mol. The van der Waals surface area contributed by atoms with Gasteiger partial charge in [-0.1, -0.05) is 24.3 Å². The van der Waals surface area contributed by atoms with Gasteiger partial charge >= 0.3 is 0 Å². The normalized spacial score (nSPS) is 28.2. The van der Waals surface area contributed by atoms with Gasteiger partial charge in [-0.15, -0.1) is 0 Å². The molecule has 1 aromatic carbocycles. The Labute approximate surface area is 121 Å². The van der Waals surface area contributed by atoms with Gasteiger partial charge in [0.25, 0.3) is 0 Å². The van der Waals surface area contributed by atoms with Crippen molar-refractivity contribution in [3.8, 4) is 0 Å². The van der Waals surface area contributed by atoms with Crippen LogP contribution in [0.2, 0.25) is 0 Å². The average Bonchev–Trinajstić information content (AvgIpc) is 3.05. The van der Waals surface area contributed by atoms with E-state index in [0.717, 1.165) is 24.1 Å². The Bertz CT molecular complexity index is 530. The second kappa shape index (κ2) is 5.43. The lowest BCUT2D eigenvalue weighted by Gasteiger charge is -2.09. The summed E-state index contributed by atoms with van der Waals surface area (Å²) >= 11 is 0. The lowest BCUT2D eigenvalue weighted by molar-refractivity contribution is -0.117. The molecule has 1 amide bonds. The molecule has 0 bridgehead atoms. The van der Waals surface area contributed by atoms with Crippen LogP contribution in [0.4, 0.5) is 5.69 Å². The average molecular weight is 269 g/mol. The van der Waals surface area contributed by atoms with E-state index in [1.54, 1.807) is 0 Å². The molecule has 0 heterocycles. The summed E-state index contributed by atoms with van der Waals surface area (Å²) in [5.74, 6) is 1.71. The molecule has 0 saturated heterocycles. The molecule has 2 aliphatic rings. The van der Waals surface area contributed by atoms with Crippen molar-refractivity contribution in [1.82, 2.24) is 0 Å². The van der Waals surface area contributed by atoms with Crippen molar-refractivity contribution in [2.45, 2.75) is 39.5 Å². The van der Waals surface area contributed by atoms with Gasteiger partial charge in [0.15, 0.2) is 0 Å². The number of nitrogens with one attached hydrogen (secondary N) is 1. The molecule has 1 aromatic rings. The maximum Gasteiger partial charge on any atom is 0.228 e. The van der Waals surface area contributed by atoms with Crippen molar-refractivity contribution < 1.29 is 4.79 Å². The maximum atomic E-state index is 12.5. The van der Waals surface area contributed by atoms with Crippen molar-refractivity contribution in [2.24, 2.45) is 17.8 Å². The smallest absolute Gasteiger partial charge is 0.228 e. The fourth-order valence-corrected chi connectivity index (χ4v) is 3.52. The molecule has 106 valence electrons. The molecule has 2 unspecified atom stereocenters. The van der Waals surface area contributed by atoms with Gasteiger partial charge in [-0.25, -0.2) is 0 Å². The summed E-state index contributed by atoms with van der Waals surface area (Å²) in [5.41, 5.74) is 3.31. The number of carbonyl (C=O) groups excluding carboxylic acids is 1. The molecular weight excluding hydrogens is 246 g/mol. The number of carbonyl (C=O) groups is 1. The van der Waals surface area contributed by atoms with E-state index in [2.05, 4.69) is 49.5 Å². The van der Waals surface area contributed by atoms with Gasteiger partial charge in [-0.05, 0) is 68.6 Å². The number of fused-ring (bicyclic) bond motifs is 1. The summed E-state index contributed by atoms with van der Waals surface area (Å²) < 4.78 is 0. The van der Waals surface area contributed by atoms with Gasteiger partial charge in [-0.2, -0.15) is 0 Å². The van der Waals surface area contributed by atoms with E-state index in [9.17, 15) is 4.79 Å². The Hall–Kier alpha value is -1.57. The third-order valence-electron chi connectivity index (χ3n) is 4.79. The molecule has 1 saturated carbocycles. The zero-order valence-corrected chi connectivity index (χ0v) is 12.4.